The largest absolute Gasteiger partial charge is 0.491 e. The lowest BCUT2D eigenvalue weighted by molar-refractivity contribution is -0.124. The van der Waals surface area contributed by atoms with Gasteiger partial charge in [-0.1, -0.05) is 18.2 Å². The van der Waals surface area contributed by atoms with Crippen molar-refractivity contribution < 1.29 is 28.2 Å². The topological polar surface area (TPSA) is 73.9 Å². The third-order valence-corrected chi connectivity index (χ3v) is 4.56. The smallest absolute Gasteiger partial charge is 0.338 e. The fraction of sp³-hybridized carbons (Fsp3) is 0.364. The van der Waals surface area contributed by atoms with Crippen molar-refractivity contribution in [2.24, 2.45) is 0 Å². The maximum Gasteiger partial charge on any atom is 0.338 e. The number of nitrogens with one attached hydrogen (secondary N) is 1. The summed E-state index contributed by atoms with van der Waals surface area (Å²) in [6.45, 7) is 1.12. The minimum atomic E-state index is -0.597. The molecule has 1 aliphatic heterocycles. The number of ether oxygens (including phenoxy) is 3. The summed E-state index contributed by atoms with van der Waals surface area (Å²) in [5, 5.41) is 2.60. The van der Waals surface area contributed by atoms with Crippen LogP contribution in [0.5, 0.6) is 5.75 Å². The maximum atomic E-state index is 13.5. The van der Waals surface area contributed by atoms with Crippen LogP contribution in [-0.2, 0) is 20.7 Å². The van der Waals surface area contributed by atoms with Gasteiger partial charge in [0.2, 0.25) is 0 Å². The molecule has 154 valence electrons. The second-order valence-electron chi connectivity index (χ2n) is 6.74. The van der Waals surface area contributed by atoms with Gasteiger partial charge in [0, 0.05) is 13.2 Å². The Kier molecular flexibility index (Phi) is 7.58. The molecule has 0 bridgehead atoms. The van der Waals surface area contributed by atoms with Crippen LogP contribution in [0.4, 0.5) is 4.39 Å². The average Bonchev–Trinajstić information content (AvgIpc) is 3.26. The number of halogens is 1. The maximum absolute atomic E-state index is 13.5. The molecule has 1 aliphatic rings. The van der Waals surface area contributed by atoms with Gasteiger partial charge >= 0.3 is 5.97 Å². The van der Waals surface area contributed by atoms with Crippen molar-refractivity contribution in [2.45, 2.75) is 25.4 Å². The molecule has 7 heteroatoms. The van der Waals surface area contributed by atoms with Crippen LogP contribution in [0.25, 0.3) is 0 Å². The minimum absolute atomic E-state index is 0.122. The van der Waals surface area contributed by atoms with E-state index in [1.807, 2.05) is 0 Å². The molecule has 1 amide bonds. The Morgan fingerprint density at radius 2 is 1.93 bits per heavy atom. The van der Waals surface area contributed by atoms with Gasteiger partial charge in [0.15, 0.2) is 6.61 Å². The second kappa shape index (κ2) is 10.6. The first kappa shape index (κ1) is 20.8. The molecule has 0 radical (unpaired) electrons. The summed E-state index contributed by atoms with van der Waals surface area (Å²) < 4.78 is 29.7. The molecule has 2 aromatic carbocycles. The molecule has 1 atom stereocenters. The Hall–Kier alpha value is -2.93. The number of rotatable bonds is 9. The van der Waals surface area contributed by atoms with E-state index in [0.717, 1.165) is 19.4 Å². The van der Waals surface area contributed by atoms with Crippen molar-refractivity contribution in [3.63, 3.8) is 0 Å². The molecule has 0 spiro atoms. The lowest BCUT2D eigenvalue weighted by Gasteiger charge is -2.11. The van der Waals surface area contributed by atoms with Gasteiger partial charge in [-0.15, -0.1) is 0 Å². The van der Waals surface area contributed by atoms with E-state index in [2.05, 4.69) is 5.32 Å². The molecule has 1 heterocycles. The van der Waals surface area contributed by atoms with Crippen LogP contribution in [0.15, 0.2) is 48.5 Å². The van der Waals surface area contributed by atoms with Crippen molar-refractivity contribution in [2.75, 3.05) is 26.4 Å². The van der Waals surface area contributed by atoms with Gasteiger partial charge in [-0.05, 0) is 55.2 Å². The van der Waals surface area contributed by atoms with Gasteiger partial charge in [-0.25, -0.2) is 9.18 Å². The number of carbonyl (C=O) groups excluding carboxylic acids is 2. The van der Waals surface area contributed by atoms with Crippen molar-refractivity contribution >= 4 is 11.9 Å². The first-order valence-electron chi connectivity index (χ1n) is 9.63. The normalized spacial score (nSPS) is 15.7. The summed E-state index contributed by atoms with van der Waals surface area (Å²) in [6.07, 6.45) is 2.53. The molecule has 1 fully saturated rings. The second-order valence-corrected chi connectivity index (χ2v) is 6.74. The van der Waals surface area contributed by atoms with Crippen LogP contribution in [0, 0.1) is 5.82 Å². The summed E-state index contributed by atoms with van der Waals surface area (Å²) in [7, 11) is 0. The van der Waals surface area contributed by atoms with E-state index < -0.39 is 18.5 Å². The highest BCUT2D eigenvalue weighted by atomic mass is 19.1. The van der Waals surface area contributed by atoms with E-state index in [1.54, 1.807) is 42.5 Å². The van der Waals surface area contributed by atoms with Crippen LogP contribution < -0.4 is 10.1 Å². The first-order chi connectivity index (χ1) is 14.1. The van der Waals surface area contributed by atoms with Gasteiger partial charge in [0.1, 0.15) is 18.2 Å². The molecule has 2 aromatic rings. The van der Waals surface area contributed by atoms with Gasteiger partial charge in [0.05, 0.1) is 11.7 Å². The quantitative estimate of drug-likeness (QED) is 0.654. The zero-order valence-electron chi connectivity index (χ0n) is 16.1. The summed E-state index contributed by atoms with van der Waals surface area (Å²) >= 11 is 0. The lowest BCUT2D eigenvalue weighted by atomic mass is 10.1. The molecule has 0 aliphatic carbocycles. The van der Waals surface area contributed by atoms with Crippen molar-refractivity contribution in [3.8, 4) is 5.75 Å². The average molecular weight is 401 g/mol. The third kappa shape index (κ3) is 6.57. The highest BCUT2D eigenvalue weighted by Gasteiger charge is 2.16. The lowest BCUT2D eigenvalue weighted by Crippen LogP contribution is -2.30. The Labute approximate surface area is 169 Å². The van der Waals surface area contributed by atoms with Crippen molar-refractivity contribution in [3.05, 3.63) is 65.5 Å². The number of hydrogen-bond donors (Lipinski definition) is 1. The van der Waals surface area contributed by atoms with Crippen molar-refractivity contribution in [1.82, 2.24) is 5.32 Å². The number of hydrogen-bond acceptors (Lipinski definition) is 5. The van der Waals surface area contributed by atoms with Crippen LogP contribution in [0.1, 0.15) is 28.8 Å². The molecule has 0 saturated carbocycles. The molecule has 1 saturated heterocycles. The fourth-order valence-electron chi connectivity index (χ4n) is 2.96. The molecule has 1 N–H and O–H groups in total. The highest BCUT2D eigenvalue weighted by molar-refractivity contribution is 5.91. The predicted molar refractivity (Wildman–Crippen MR) is 104 cm³/mol. The van der Waals surface area contributed by atoms with Gasteiger partial charge in [-0.3, -0.25) is 4.79 Å². The minimum Gasteiger partial charge on any atom is -0.491 e. The third-order valence-electron chi connectivity index (χ3n) is 4.56. The SMILES string of the molecule is O=C(COC(=O)c1ccc(OC[C@@H]2CCCO2)cc1)NCCc1ccccc1F. The van der Waals surface area contributed by atoms with Crippen molar-refractivity contribution in [1.29, 1.82) is 0 Å². The Balaban J connectivity index is 1.36. The molecular formula is C22H24FNO5. The Morgan fingerprint density at radius 3 is 2.66 bits per heavy atom. The summed E-state index contributed by atoms with van der Waals surface area (Å²) in [5.74, 6) is -0.703. The molecule has 6 nitrogen and oxygen atoms in total. The summed E-state index contributed by atoms with van der Waals surface area (Å²) in [6, 6.07) is 12.9. The standard InChI is InChI=1S/C22H24FNO5/c23-20-6-2-1-4-16(20)11-12-24-21(25)15-29-22(26)17-7-9-18(10-8-17)28-14-19-5-3-13-27-19/h1-2,4,6-10,19H,3,5,11-15H2,(H,24,25)/t19-/m0/s1. The van der Waals surface area contributed by atoms with E-state index in [4.69, 9.17) is 14.2 Å². The molecule has 3 rings (SSSR count). The van der Waals surface area contributed by atoms with Gasteiger partial charge < -0.3 is 19.5 Å². The fourth-order valence-corrected chi connectivity index (χ4v) is 2.96. The molecule has 29 heavy (non-hydrogen) atoms. The van der Waals surface area contributed by atoms with Crippen LogP contribution in [0.3, 0.4) is 0 Å². The van der Waals surface area contributed by atoms with E-state index in [0.29, 0.717) is 29.9 Å². The van der Waals surface area contributed by atoms with Crippen LogP contribution in [0.2, 0.25) is 0 Å². The van der Waals surface area contributed by atoms with Gasteiger partial charge in [-0.2, -0.15) is 0 Å². The molecule has 0 aromatic heterocycles. The van der Waals surface area contributed by atoms with Crippen LogP contribution in [-0.4, -0.2) is 44.3 Å². The number of esters is 1. The van der Waals surface area contributed by atoms with Gasteiger partial charge in [0.25, 0.3) is 5.91 Å². The Bertz CT molecular complexity index is 818. The first-order valence-corrected chi connectivity index (χ1v) is 9.63. The number of benzene rings is 2. The molecular weight excluding hydrogens is 377 g/mol. The van der Waals surface area contributed by atoms with E-state index in [-0.39, 0.29) is 18.5 Å². The molecule has 0 unspecified atom stereocenters. The van der Waals surface area contributed by atoms with E-state index in [1.165, 1.54) is 6.07 Å². The zero-order chi connectivity index (χ0) is 20.5. The van der Waals surface area contributed by atoms with Crippen LogP contribution >= 0.6 is 0 Å². The monoisotopic (exact) mass is 401 g/mol. The highest BCUT2D eigenvalue weighted by Crippen LogP contribution is 2.17. The Morgan fingerprint density at radius 1 is 1.14 bits per heavy atom. The van der Waals surface area contributed by atoms with E-state index in [9.17, 15) is 14.0 Å². The zero-order valence-corrected chi connectivity index (χ0v) is 16.1. The predicted octanol–water partition coefficient (Wildman–Crippen LogP) is 2.90. The number of carbonyl (C=O) groups is 2. The summed E-state index contributed by atoms with van der Waals surface area (Å²) in [5.41, 5.74) is 0.847. The van der Waals surface area contributed by atoms with E-state index >= 15 is 0 Å². The number of amides is 1. The summed E-state index contributed by atoms with van der Waals surface area (Å²) in [4.78, 5) is 23.9.